The van der Waals surface area contributed by atoms with Gasteiger partial charge in [-0.1, -0.05) is 60.7 Å². The number of aliphatic hydroxyl groups is 1. The fourth-order valence-electron chi connectivity index (χ4n) is 3.46. The largest absolute Gasteiger partial charge is 0.396 e. The van der Waals surface area contributed by atoms with Crippen LogP contribution in [0.5, 0.6) is 0 Å². The van der Waals surface area contributed by atoms with Gasteiger partial charge in [-0.2, -0.15) is 0 Å². The van der Waals surface area contributed by atoms with E-state index in [2.05, 4.69) is 0 Å². The van der Waals surface area contributed by atoms with Crippen molar-refractivity contribution in [1.29, 1.82) is 0 Å². The van der Waals surface area contributed by atoms with Gasteiger partial charge in [-0.15, -0.1) is 0 Å². The predicted molar refractivity (Wildman–Crippen MR) is 111 cm³/mol. The van der Waals surface area contributed by atoms with Crippen molar-refractivity contribution in [2.75, 3.05) is 13.2 Å². The summed E-state index contributed by atoms with van der Waals surface area (Å²) in [6.07, 6.45) is 0.687. The lowest BCUT2D eigenvalue weighted by atomic mass is 10.0. The summed E-state index contributed by atoms with van der Waals surface area (Å²) in [6.45, 7) is 5.38. The van der Waals surface area contributed by atoms with Gasteiger partial charge >= 0.3 is 0 Å². The van der Waals surface area contributed by atoms with Crippen molar-refractivity contribution in [3.8, 4) is 0 Å². The molecule has 5 nitrogen and oxygen atoms in total. The Balaban J connectivity index is 1.63. The first-order valence-corrected chi connectivity index (χ1v) is 10.3. The van der Waals surface area contributed by atoms with Crippen molar-refractivity contribution in [3.63, 3.8) is 0 Å². The fourth-order valence-corrected chi connectivity index (χ4v) is 3.46. The molecular weight excluding hydrogens is 368 g/mol. The van der Waals surface area contributed by atoms with Crippen LogP contribution >= 0.6 is 0 Å². The molecule has 158 valence electrons. The SMILES string of the molecule is CC1(C)OCC([C@H](C[C@H](CCO)OCc2ccccc2)OCc2ccccc2)O1. The Labute approximate surface area is 173 Å². The van der Waals surface area contributed by atoms with Gasteiger partial charge in [-0.05, 0) is 31.4 Å². The molecule has 0 aliphatic carbocycles. The summed E-state index contributed by atoms with van der Waals surface area (Å²) in [4.78, 5) is 0. The molecule has 1 aliphatic rings. The maximum atomic E-state index is 9.53. The maximum absolute atomic E-state index is 9.53. The third-order valence-corrected chi connectivity index (χ3v) is 5.03. The van der Waals surface area contributed by atoms with E-state index in [4.69, 9.17) is 18.9 Å². The summed E-state index contributed by atoms with van der Waals surface area (Å²) in [5, 5.41) is 9.53. The Bertz CT molecular complexity index is 704. The molecule has 5 heteroatoms. The number of hydrogen-bond acceptors (Lipinski definition) is 5. The molecule has 2 aromatic carbocycles. The molecular formula is C24H32O5. The van der Waals surface area contributed by atoms with Crippen LogP contribution in [0, 0.1) is 0 Å². The highest BCUT2D eigenvalue weighted by Crippen LogP contribution is 2.28. The van der Waals surface area contributed by atoms with Crippen LogP contribution < -0.4 is 0 Å². The van der Waals surface area contributed by atoms with E-state index in [-0.39, 0.29) is 24.9 Å². The van der Waals surface area contributed by atoms with Gasteiger partial charge < -0.3 is 24.1 Å². The van der Waals surface area contributed by atoms with E-state index < -0.39 is 5.79 Å². The van der Waals surface area contributed by atoms with Crippen molar-refractivity contribution in [1.82, 2.24) is 0 Å². The molecule has 3 atom stereocenters. The van der Waals surface area contributed by atoms with Crippen LogP contribution in [0.4, 0.5) is 0 Å². The first kappa shape index (κ1) is 21.9. The fraction of sp³-hybridized carbons (Fsp3) is 0.500. The molecule has 0 aromatic heterocycles. The molecule has 1 unspecified atom stereocenters. The lowest BCUT2D eigenvalue weighted by Crippen LogP contribution is -2.36. The number of hydrogen-bond donors (Lipinski definition) is 1. The van der Waals surface area contributed by atoms with Crippen LogP contribution in [0.3, 0.4) is 0 Å². The normalized spacial score (nSPS) is 20.4. The van der Waals surface area contributed by atoms with Crippen LogP contribution in [0.2, 0.25) is 0 Å². The summed E-state index contributed by atoms with van der Waals surface area (Å²) >= 11 is 0. The second kappa shape index (κ2) is 10.9. The molecule has 0 amide bonds. The van der Waals surface area contributed by atoms with Crippen molar-refractivity contribution >= 4 is 0 Å². The Morgan fingerprint density at radius 2 is 1.55 bits per heavy atom. The highest BCUT2D eigenvalue weighted by molar-refractivity contribution is 5.14. The van der Waals surface area contributed by atoms with E-state index >= 15 is 0 Å². The highest BCUT2D eigenvalue weighted by atomic mass is 16.7. The number of benzene rings is 2. The van der Waals surface area contributed by atoms with Gasteiger partial charge in [-0.25, -0.2) is 0 Å². The molecule has 0 spiro atoms. The Kier molecular flexibility index (Phi) is 8.21. The van der Waals surface area contributed by atoms with Crippen molar-refractivity contribution in [2.45, 2.75) is 64.0 Å². The lowest BCUT2D eigenvalue weighted by Gasteiger charge is -2.28. The minimum Gasteiger partial charge on any atom is -0.396 e. The summed E-state index contributed by atoms with van der Waals surface area (Å²) in [5.74, 6) is -0.615. The number of ether oxygens (including phenoxy) is 4. The minimum atomic E-state index is -0.615. The molecule has 2 aromatic rings. The Morgan fingerprint density at radius 3 is 2.07 bits per heavy atom. The smallest absolute Gasteiger partial charge is 0.163 e. The van der Waals surface area contributed by atoms with Crippen molar-refractivity contribution < 1.29 is 24.1 Å². The molecule has 1 N–H and O–H groups in total. The third kappa shape index (κ3) is 7.21. The van der Waals surface area contributed by atoms with Gasteiger partial charge in [0.2, 0.25) is 0 Å². The van der Waals surface area contributed by atoms with Crippen LogP contribution in [0.1, 0.15) is 37.8 Å². The van der Waals surface area contributed by atoms with E-state index in [1.807, 2.05) is 74.5 Å². The predicted octanol–water partition coefficient (Wildman–Crippen LogP) is 4.08. The molecule has 0 radical (unpaired) electrons. The van der Waals surface area contributed by atoms with Crippen LogP contribution in [0.25, 0.3) is 0 Å². The molecule has 1 aliphatic heterocycles. The summed E-state index contributed by atoms with van der Waals surface area (Å²) in [6, 6.07) is 20.1. The quantitative estimate of drug-likeness (QED) is 0.616. The van der Waals surface area contributed by atoms with Gasteiger partial charge in [-0.3, -0.25) is 0 Å². The first-order valence-electron chi connectivity index (χ1n) is 10.3. The van der Waals surface area contributed by atoms with Crippen molar-refractivity contribution in [3.05, 3.63) is 71.8 Å². The summed E-state index contributed by atoms with van der Waals surface area (Å²) in [7, 11) is 0. The number of aliphatic hydroxyl groups excluding tert-OH is 1. The molecule has 1 heterocycles. The Morgan fingerprint density at radius 1 is 0.966 bits per heavy atom. The van der Waals surface area contributed by atoms with E-state index in [0.29, 0.717) is 32.7 Å². The zero-order valence-electron chi connectivity index (χ0n) is 17.3. The monoisotopic (exact) mass is 400 g/mol. The van der Waals surface area contributed by atoms with Crippen LogP contribution in [-0.4, -0.2) is 42.4 Å². The molecule has 0 bridgehead atoms. The number of rotatable bonds is 11. The maximum Gasteiger partial charge on any atom is 0.163 e. The molecule has 1 saturated heterocycles. The van der Waals surface area contributed by atoms with Crippen LogP contribution in [0.15, 0.2) is 60.7 Å². The van der Waals surface area contributed by atoms with Gasteiger partial charge in [0.05, 0.1) is 32.0 Å². The molecule has 1 fully saturated rings. The third-order valence-electron chi connectivity index (χ3n) is 5.03. The summed E-state index contributed by atoms with van der Waals surface area (Å²) < 4.78 is 24.2. The molecule has 29 heavy (non-hydrogen) atoms. The lowest BCUT2D eigenvalue weighted by molar-refractivity contribution is -0.163. The van der Waals surface area contributed by atoms with Gasteiger partial charge in [0.1, 0.15) is 6.10 Å². The van der Waals surface area contributed by atoms with Gasteiger partial charge in [0.25, 0.3) is 0 Å². The zero-order chi connectivity index (χ0) is 20.5. The van der Waals surface area contributed by atoms with E-state index in [1.165, 1.54) is 0 Å². The first-order chi connectivity index (χ1) is 14.1. The minimum absolute atomic E-state index is 0.0678. The van der Waals surface area contributed by atoms with Gasteiger partial charge in [0, 0.05) is 13.0 Å². The van der Waals surface area contributed by atoms with Crippen LogP contribution in [-0.2, 0) is 32.2 Å². The molecule has 3 rings (SSSR count). The zero-order valence-corrected chi connectivity index (χ0v) is 17.3. The second-order valence-corrected chi connectivity index (χ2v) is 7.87. The van der Waals surface area contributed by atoms with E-state index in [0.717, 1.165) is 11.1 Å². The average Bonchev–Trinajstić information content (AvgIpc) is 3.10. The van der Waals surface area contributed by atoms with E-state index in [9.17, 15) is 5.11 Å². The second-order valence-electron chi connectivity index (χ2n) is 7.87. The topological polar surface area (TPSA) is 57.2 Å². The molecule has 0 saturated carbocycles. The summed E-state index contributed by atoms with van der Waals surface area (Å²) in [5.41, 5.74) is 2.22. The van der Waals surface area contributed by atoms with Crippen molar-refractivity contribution in [2.24, 2.45) is 0 Å². The average molecular weight is 401 g/mol. The van der Waals surface area contributed by atoms with Gasteiger partial charge in [0.15, 0.2) is 5.79 Å². The highest BCUT2D eigenvalue weighted by Gasteiger charge is 2.39. The standard InChI is InChI=1S/C24H32O5/c1-24(2)28-18-23(29-24)22(27-17-20-11-7-4-8-12-20)15-21(13-14-25)26-16-19-9-5-3-6-10-19/h3-12,21-23,25H,13-18H2,1-2H3/t21-,22-,23?/m0/s1. The van der Waals surface area contributed by atoms with E-state index in [1.54, 1.807) is 0 Å². The Hall–Kier alpha value is -1.76.